The average Bonchev–Trinajstić information content (AvgIpc) is 3.10. The molecule has 21 heavy (non-hydrogen) atoms. The van der Waals surface area contributed by atoms with Crippen molar-refractivity contribution in [3.63, 3.8) is 0 Å². The van der Waals surface area contributed by atoms with E-state index in [1.807, 2.05) is 0 Å². The number of nitrogens with zero attached hydrogens (tertiary/aromatic N) is 6. The number of H-pyrrole nitrogens is 2. The Morgan fingerprint density at radius 3 is 2.38 bits per heavy atom. The molecule has 0 amide bonds. The number of ether oxygens (including phenoxy) is 1. The van der Waals surface area contributed by atoms with Crippen LogP contribution in [0.15, 0.2) is 6.20 Å². The molecule has 2 N–H and O–H groups in total. The van der Waals surface area contributed by atoms with Gasteiger partial charge in [0.15, 0.2) is 11.9 Å². The highest BCUT2D eigenvalue weighted by Crippen LogP contribution is 2.11. The molecule has 0 aliphatic heterocycles. The number of nitrogens with one attached hydrogen (secondary N) is 2. The lowest BCUT2D eigenvalue weighted by Gasteiger charge is -1.93. The van der Waals surface area contributed by atoms with Crippen LogP contribution in [-0.2, 0) is 16.0 Å². The lowest BCUT2D eigenvalue weighted by Crippen LogP contribution is -2.06. The first-order valence-corrected chi connectivity index (χ1v) is 5.06. The maximum absolute atomic E-state index is 10.7. The Hall–Kier alpha value is -3.45. The van der Waals surface area contributed by atoms with E-state index in [0.29, 0.717) is 0 Å². The van der Waals surface area contributed by atoms with E-state index in [1.54, 1.807) is 0 Å². The molecule has 2 rings (SSSR count). The summed E-state index contributed by atoms with van der Waals surface area (Å²) >= 11 is 0. The number of carbonyl (C=O) groups is 1. The fourth-order valence-electron chi connectivity index (χ4n) is 1.00. The Morgan fingerprint density at radius 1 is 1.24 bits per heavy atom. The molecule has 0 bridgehead atoms. The van der Waals surface area contributed by atoms with Gasteiger partial charge in [0.05, 0.1) is 23.7 Å². The monoisotopic (exact) mass is 300 g/mol. The molecule has 0 unspecified atom stereocenters. The zero-order valence-corrected chi connectivity index (χ0v) is 10.4. The van der Waals surface area contributed by atoms with Crippen LogP contribution in [0.4, 0.5) is 11.6 Å². The number of rotatable bonds is 4. The third-order valence-corrected chi connectivity index (χ3v) is 1.90. The Labute approximate surface area is 114 Å². The van der Waals surface area contributed by atoms with Gasteiger partial charge >= 0.3 is 17.6 Å². The summed E-state index contributed by atoms with van der Waals surface area (Å²) < 4.78 is 4.32. The van der Waals surface area contributed by atoms with Gasteiger partial charge in [-0.05, 0) is 9.85 Å². The van der Waals surface area contributed by atoms with E-state index >= 15 is 0 Å². The normalized spacial score (nSPS) is 9.38. The van der Waals surface area contributed by atoms with Crippen LogP contribution in [0.1, 0.15) is 5.69 Å². The number of carbonyl (C=O) groups excluding carboxylic acids is 1. The molecule has 2 aromatic heterocycles. The lowest BCUT2D eigenvalue weighted by molar-refractivity contribution is -0.390. The third-order valence-electron chi connectivity index (χ3n) is 1.90. The van der Waals surface area contributed by atoms with E-state index in [2.05, 4.69) is 35.6 Å². The van der Waals surface area contributed by atoms with Crippen molar-refractivity contribution < 1.29 is 19.4 Å². The summed E-state index contributed by atoms with van der Waals surface area (Å²) in [4.78, 5) is 29.4. The molecule has 0 spiro atoms. The zero-order chi connectivity index (χ0) is 15.8. The largest absolute Gasteiger partial charge is 0.469 e. The van der Waals surface area contributed by atoms with Crippen molar-refractivity contribution in [1.82, 2.24) is 30.8 Å². The fraction of sp³-hybridized carbons (Fsp3) is 0.286. The molecule has 0 saturated carbocycles. The van der Waals surface area contributed by atoms with Crippen LogP contribution < -0.4 is 0 Å². The fourth-order valence-corrected chi connectivity index (χ4v) is 1.00. The molecule has 0 aliphatic carbocycles. The molecule has 0 atom stereocenters. The predicted molar refractivity (Wildman–Crippen MR) is 61.8 cm³/mol. The molecule has 0 aliphatic rings. The molecular weight excluding hydrogens is 292 g/mol. The lowest BCUT2D eigenvalue weighted by atomic mass is 10.3. The quantitative estimate of drug-likeness (QED) is 0.407. The number of hydrogen-bond acceptors (Lipinski definition) is 10. The van der Waals surface area contributed by atoms with Crippen LogP contribution in [0.3, 0.4) is 0 Å². The third kappa shape index (κ3) is 4.62. The Kier molecular flexibility index (Phi) is 5.36. The second-order valence-electron chi connectivity index (χ2n) is 3.19. The van der Waals surface area contributed by atoms with Gasteiger partial charge in [0.25, 0.3) is 0 Å². The van der Waals surface area contributed by atoms with Gasteiger partial charge in [-0.1, -0.05) is 0 Å². The molecule has 0 aromatic carbocycles. The van der Waals surface area contributed by atoms with Gasteiger partial charge < -0.3 is 25.0 Å². The van der Waals surface area contributed by atoms with Crippen molar-refractivity contribution in [2.24, 2.45) is 0 Å². The van der Waals surface area contributed by atoms with Crippen LogP contribution in [0.5, 0.6) is 0 Å². The van der Waals surface area contributed by atoms with Crippen LogP contribution in [0.2, 0.25) is 0 Å². The molecule has 2 aromatic rings. The summed E-state index contributed by atoms with van der Waals surface area (Å²) in [7, 11) is 1.19. The van der Waals surface area contributed by atoms with Gasteiger partial charge in [0.1, 0.15) is 0 Å². The molecule has 112 valence electrons. The Morgan fingerprint density at radius 2 is 1.95 bits per heavy atom. The summed E-state index contributed by atoms with van der Waals surface area (Å²) in [6.45, 7) is 0. The second-order valence-corrected chi connectivity index (χ2v) is 3.19. The highest BCUT2D eigenvalue weighted by molar-refractivity contribution is 5.72. The number of aromatic nitrogens is 6. The summed E-state index contributed by atoms with van der Waals surface area (Å²) in [5.41, 5.74) is -0.0307. The van der Waals surface area contributed by atoms with Crippen molar-refractivity contribution in [3.8, 4) is 0 Å². The summed E-state index contributed by atoms with van der Waals surface area (Å²) in [5, 5.41) is 37.3. The molecule has 0 fully saturated rings. The second kappa shape index (κ2) is 7.22. The molecule has 14 heteroatoms. The van der Waals surface area contributed by atoms with E-state index in [-0.39, 0.29) is 17.9 Å². The van der Waals surface area contributed by atoms with Crippen molar-refractivity contribution in [2.75, 3.05) is 7.11 Å². The predicted octanol–water partition coefficient (Wildman–Crippen LogP) is -0.859. The van der Waals surface area contributed by atoms with Crippen molar-refractivity contribution in [1.29, 1.82) is 0 Å². The number of aromatic amines is 2. The van der Waals surface area contributed by atoms with Crippen LogP contribution >= 0.6 is 0 Å². The minimum Gasteiger partial charge on any atom is -0.469 e. The molecule has 0 radical (unpaired) electrons. The van der Waals surface area contributed by atoms with Crippen molar-refractivity contribution in [2.45, 2.75) is 6.42 Å². The molecule has 0 saturated heterocycles. The number of nitro groups is 2. The van der Waals surface area contributed by atoms with Crippen molar-refractivity contribution >= 4 is 17.6 Å². The molecule has 14 nitrogen and oxygen atoms in total. The van der Waals surface area contributed by atoms with Crippen LogP contribution in [0, 0.1) is 20.2 Å². The molecule has 2 heterocycles. The Bertz CT molecular complexity index is 621. The maximum atomic E-state index is 10.7. The van der Waals surface area contributed by atoms with E-state index in [9.17, 15) is 25.0 Å². The van der Waals surface area contributed by atoms with Gasteiger partial charge in [0, 0.05) is 0 Å². The van der Waals surface area contributed by atoms with E-state index in [4.69, 9.17) is 0 Å². The van der Waals surface area contributed by atoms with Crippen LogP contribution in [0.25, 0.3) is 0 Å². The zero-order valence-electron chi connectivity index (χ0n) is 10.4. The first kappa shape index (κ1) is 15.6. The van der Waals surface area contributed by atoms with E-state index in [0.717, 1.165) is 6.20 Å². The summed E-state index contributed by atoms with van der Waals surface area (Å²) in [6, 6.07) is 0. The van der Waals surface area contributed by atoms with Gasteiger partial charge in [-0.3, -0.25) is 4.79 Å². The highest BCUT2D eigenvalue weighted by Gasteiger charge is 2.21. The summed E-state index contributed by atoms with van der Waals surface area (Å²) in [5.74, 6) is -1.31. The smallest absolute Gasteiger partial charge is 0.413 e. The van der Waals surface area contributed by atoms with E-state index in [1.165, 1.54) is 7.11 Å². The van der Waals surface area contributed by atoms with Crippen molar-refractivity contribution in [3.05, 3.63) is 32.1 Å². The minimum absolute atomic E-state index is 0.0307. The van der Waals surface area contributed by atoms with Crippen LogP contribution in [-0.4, -0.2) is 53.7 Å². The minimum atomic E-state index is -0.720. The first-order chi connectivity index (χ1) is 9.95. The standard InChI is InChI=1S/C5H6N4O4.C2H2N4O2/c1-13-4(10)2-3-5(9(11)12)7-8-6-3;7-6(8)2-1-3-5-4-2/h2H2,1H3,(H,6,7,8);1H,(H,3,4,5). The first-order valence-electron chi connectivity index (χ1n) is 5.06. The van der Waals surface area contributed by atoms with E-state index < -0.39 is 21.6 Å². The van der Waals surface area contributed by atoms with Gasteiger partial charge in [0.2, 0.25) is 0 Å². The highest BCUT2D eigenvalue weighted by atomic mass is 16.6. The number of esters is 1. The topological polar surface area (TPSA) is 196 Å². The number of methoxy groups -OCH3 is 1. The average molecular weight is 300 g/mol. The maximum Gasteiger partial charge on any atom is 0.413 e. The van der Waals surface area contributed by atoms with Gasteiger partial charge in [-0.2, -0.15) is 0 Å². The Balaban J connectivity index is 0.000000235. The summed E-state index contributed by atoms with van der Waals surface area (Å²) in [6.07, 6.45) is 0.781. The number of hydrogen-bond donors (Lipinski definition) is 2. The van der Waals surface area contributed by atoms with Gasteiger partial charge in [-0.15, -0.1) is 20.6 Å². The van der Waals surface area contributed by atoms with Gasteiger partial charge in [-0.25, -0.2) is 0 Å². The molecular formula is C7H8N8O6. The SMILES string of the molecule is COC(=O)Cc1n[nH]nc1[N+](=O)[O-].O=[N+]([O-])c1cn[nH]n1.